The Hall–Kier alpha value is -1.33. The van der Waals surface area contributed by atoms with E-state index in [0.29, 0.717) is 6.42 Å². The minimum Gasteiger partial charge on any atom is -0.394 e. The van der Waals surface area contributed by atoms with Gasteiger partial charge in [-0.2, -0.15) is 0 Å². The van der Waals surface area contributed by atoms with Crippen molar-refractivity contribution in [2.45, 2.75) is 211 Å². The molecule has 1 heterocycles. The van der Waals surface area contributed by atoms with E-state index in [9.17, 15) is 30.3 Å². The molecule has 1 fully saturated rings. The van der Waals surface area contributed by atoms with Crippen molar-refractivity contribution in [1.29, 1.82) is 0 Å². The van der Waals surface area contributed by atoms with E-state index in [-0.39, 0.29) is 12.5 Å². The monoisotopic (exact) mass is 698 g/mol. The Morgan fingerprint density at radius 1 is 0.673 bits per heavy atom. The third-order valence-corrected chi connectivity index (χ3v) is 9.53. The van der Waals surface area contributed by atoms with Crippen LogP contribution in [0.3, 0.4) is 0 Å². The lowest BCUT2D eigenvalue weighted by molar-refractivity contribution is -0.302. The fourth-order valence-corrected chi connectivity index (χ4v) is 6.23. The van der Waals surface area contributed by atoms with Crippen LogP contribution in [0.25, 0.3) is 0 Å². The molecule has 0 spiro atoms. The summed E-state index contributed by atoms with van der Waals surface area (Å²) < 4.78 is 11.1. The van der Waals surface area contributed by atoms with Gasteiger partial charge >= 0.3 is 0 Å². The zero-order chi connectivity index (χ0) is 36.0. The van der Waals surface area contributed by atoms with Gasteiger partial charge in [0.2, 0.25) is 5.91 Å². The number of ether oxygens (including phenoxy) is 2. The highest BCUT2D eigenvalue weighted by molar-refractivity contribution is 5.76. The van der Waals surface area contributed by atoms with Gasteiger partial charge in [-0.25, -0.2) is 0 Å². The summed E-state index contributed by atoms with van der Waals surface area (Å²) >= 11 is 0. The average molecular weight is 698 g/mol. The number of hydrogen-bond donors (Lipinski definition) is 6. The summed E-state index contributed by atoms with van der Waals surface area (Å²) in [4.78, 5) is 12.6. The van der Waals surface area contributed by atoms with Crippen molar-refractivity contribution in [3.05, 3.63) is 24.3 Å². The van der Waals surface area contributed by atoms with Gasteiger partial charge in [-0.1, -0.05) is 154 Å². The molecule has 1 amide bonds. The number of allylic oxidation sites excluding steroid dienone is 3. The van der Waals surface area contributed by atoms with Crippen molar-refractivity contribution < 1.29 is 39.8 Å². The standard InChI is InChI=1S/C40H75NO8/c1-3-5-7-9-10-11-12-13-14-15-16-17-18-19-20-21-22-23-24-25-26-27-29-34(43)33(41-36(44)30-28-8-6-4-2)32-48-40-39(47)38(46)37(45)35(31-42)49-40/h23-24,27,29,33-35,37-40,42-43,45-47H,3-22,25-26,28,30-32H2,1-2H3,(H,41,44)/b24-23+,29-27+. The molecule has 0 aromatic rings. The molecule has 0 aliphatic carbocycles. The smallest absolute Gasteiger partial charge is 0.220 e. The van der Waals surface area contributed by atoms with Crippen molar-refractivity contribution in [1.82, 2.24) is 5.32 Å². The molecule has 49 heavy (non-hydrogen) atoms. The lowest BCUT2D eigenvalue weighted by atomic mass is 9.99. The zero-order valence-electron chi connectivity index (χ0n) is 31.2. The largest absolute Gasteiger partial charge is 0.394 e. The van der Waals surface area contributed by atoms with Gasteiger partial charge in [-0.05, 0) is 32.1 Å². The molecule has 0 aromatic heterocycles. The number of carbonyl (C=O) groups is 1. The van der Waals surface area contributed by atoms with Crippen molar-refractivity contribution in [2.24, 2.45) is 0 Å². The summed E-state index contributed by atoms with van der Waals surface area (Å²) in [6, 6.07) is -0.812. The number of aliphatic hydroxyl groups is 5. The molecule has 1 rings (SSSR count). The van der Waals surface area contributed by atoms with Crippen LogP contribution < -0.4 is 5.32 Å². The van der Waals surface area contributed by atoms with Crippen molar-refractivity contribution >= 4 is 5.91 Å². The molecule has 7 atom stereocenters. The van der Waals surface area contributed by atoms with Gasteiger partial charge in [0.15, 0.2) is 6.29 Å². The van der Waals surface area contributed by atoms with E-state index in [1.807, 2.05) is 6.08 Å². The molecule has 1 aliphatic heterocycles. The SMILES string of the molecule is CCCCCCCCCCCCCCCCCC/C=C/CC/C=C/C(O)C(COC1OC(CO)C(O)C(O)C1O)NC(=O)CCCCCC. The summed E-state index contributed by atoms with van der Waals surface area (Å²) in [6.07, 6.45) is 28.7. The van der Waals surface area contributed by atoms with Crippen LogP contribution in [0.4, 0.5) is 0 Å². The van der Waals surface area contributed by atoms with Crippen LogP contribution in [0.2, 0.25) is 0 Å². The molecule has 1 aliphatic rings. The molecule has 0 radical (unpaired) electrons. The second kappa shape index (κ2) is 31.4. The second-order valence-electron chi connectivity index (χ2n) is 14.1. The van der Waals surface area contributed by atoms with Crippen LogP contribution in [0.5, 0.6) is 0 Å². The Labute approximate surface area is 298 Å². The first kappa shape index (κ1) is 45.7. The fourth-order valence-electron chi connectivity index (χ4n) is 6.23. The lowest BCUT2D eigenvalue weighted by Crippen LogP contribution is -2.60. The Bertz CT molecular complexity index is 822. The number of nitrogens with one attached hydrogen (secondary N) is 1. The van der Waals surface area contributed by atoms with Crippen LogP contribution in [0.1, 0.15) is 168 Å². The first-order valence-corrected chi connectivity index (χ1v) is 20.1. The summed E-state index contributed by atoms with van der Waals surface area (Å²) in [5.74, 6) is -0.206. The number of unbranched alkanes of at least 4 members (excludes halogenated alkanes) is 20. The Morgan fingerprint density at radius 3 is 1.71 bits per heavy atom. The van der Waals surface area contributed by atoms with E-state index in [1.54, 1.807) is 6.08 Å². The Balaban J connectivity index is 2.26. The average Bonchev–Trinajstić information content (AvgIpc) is 3.10. The highest BCUT2D eigenvalue weighted by Gasteiger charge is 2.44. The van der Waals surface area contributed by atoms with Crippen LogP contribution in [-0.2, 0) is 14.3 Å². The maximum atomic E-state index is 12.6. The number of rotatable bonds is 32. The predicted molar refractivity (Wildman–Crippen MR) is 198 cm³/mol. The normalized spacial score (nSPS) is 22.6. The fraction of sp³-hybridized carbons (Fsp3) is 0.875. The van der Waals surface area contributed by atoms with Gasteiger partial charge in [0.25, 0.3) is 0 Å². The van der Waals surface area contributed by atoms with Gasteiger partial charge in [0, 0.05) is 6.42 Å². The maximum Gasteiger partial charge on any atom is 0.220 e. The molecular weight excluding hydrogens is 622 g/mol. The maximum absolute atomic E-state index is 12.6. The van der Waals surface area contributed by atoms with Gasteiger partial charge < -0.3 is 40.3 Å². The van der Waals surface area contributed by atoms with Gasteiger partial charge in [-0.3, -0.25) is 4.79 Å². The number of aliphatic hydroxyl groups excluding tert-OH is 5. The molecule has 0 aromatic carbocycles. The summed E-state index contributed by atoms with van der Waals surface area (Å²) in [5.41, 5.74) is 0. The highest BCUT2D eigenvalue weighted by atomic mass is 16.7. The van der Waals surface area contributed by atoms with E-state index in [2.05, 4.69) is 31.3 Å². The molecule has 288 valence electrons. The summed E-state index contributed by atoms with van der Waals surface area (Å²) in [6.45, 7) is 3.61. The van der Waals surface area contributed by atoms with Crippen LogP contribution in [0, 0.1) is 0 Å². The minimum absolute atomic E-state index is 0.200. The van der Waals surface area contributed by atoms with E-state index in [4.69, 9.17) is 9.47 Å². The molecule has 1 saturated heterocycles. The van der Waals surface area contributed by atoms with Crippen LogP contribution in [-0.4, -0.2) is 87.5 Å². The summed E-state index contributed by atoms with van der Waals surface area (Å²) in [5, 5.41) is 53.5. The summed E-state index contributed by atoms with van der Waals surface area (Å²) in [7, 11) is 0. The number of hydrogen-bond acceptors (Lipinski definition) is 8. The predicted octanol–water partition coefficient (Wildman–Crippen LogP) is 7.16. The number of amides is 1. The van der Waals surface area contributed by atoms with E-state index >= 15 is 0 Å². The Morgan fingerprint density at radius 2 is 1.16 bits per heavy atom. The van der Waals surface area contributed by atoms with Crippen LogP contribution in [0.15, 0.2) is 24.3 Å². The molecule has 0 saturated carbocycles. The van der Waals surface area contributed by atoms with Gasteiger partial charge in [0.05, 0.1) is 25.4 Å². The topological polar surface area (TPSA) is 149 Å². The Kier molecular flexibility index (Phi) is 29.3. The van der Waals surface area contributed by atoms with Crippen molar-refractivity contribution in [3.63, 3.8) is 0 Å². The molecule has 7 unspecified atom stereocenters. The highest BCUT2D eigenvalue weighted by Crippen LogP contribution is 2.22. The molecule has 9 heteroatoms. The van der Waals surface area contributed by atoms with E-state index < -0.39 is 49.5 Å². The molecule has 9 nitrogen and oxygen atoms in total. The third kappa shape index (κ3) is 23.0. The first-order valence-electron chi connectivity index (χ1n) is 20.1. The minimum atomic E-state index is -1.57. The molecule has 0 bridgehead atoms. The zero-order valence-corrected chi connectivity index (χ0v) is 31.2. The van der Waals surface area contributed by atoms with Crippen molar-refractivity contribution in [2.75, 3.05) is 13.2 Å². The van der Waals surface area contributed by atoms with Crippen molar-refractivity contribution in [3.8, 4) is 0 Å². The third-order valence-electron chi connectivity index (χ3n) is 9.53. The molecule has 6 N–H and O–H groups in total. The van der Waals surface area contributed by atoms with E-state index in [1.165, 1.54) is 103 Å². The number of carbonyl (C=O) groups excluding carboxylic acids is 1. The van der Waals surface area contributed by atoms with Gasteiger partial charge in [0.1, 0.15) is 24.4 Å². The lowest BCUT2D eigenvalue weighted by Gasteiger charge is -2.40. The first-order chi connectivity index (χ1) is 23.8. The molecular formula is C40H75NO8. The van der Waals surface area contributed by atoms with Crippen LogP contribution >= 0.6 is 0 Å². The second-order valence-corrected chi connectivity index (χ2v) is 14.1. The van der Waals surface area contributed by atoms with Gasteiger partial charge in [-0.15, -0.1) is 0 Å². The quantitative estimate of drug-likeness (QED) is 0.0320. The van der Waals surface area contributed by atoms with E-state index in [0.717, 1.165) is 44.9 Å².